The Bertz CT molecular complexity index is 1170. The number of rotatable bonds is 8. The van der Waals surface area contributed by atoms with Crippen LogP contribution < -0.4 is 0 Å². The Morgan fingerprint density at radius 2 is 1.85 bits per heavy atom. The van der Waals surface area contributed by atoms with Crippen molar-refractivity contribution in [3.8, 4) is 0 Å². The van der Waals surface area contributed by atoms with Crippen LogP contribution in [0.25, 0.3) is 0 Å². The molecule has 1 fully saturated rings. The first-order valence-corrected chi connectivity index (χ1v) is 13.3. The maximum absolute atomic E-state index is 13.4. The molecule has 3 rings (SSSR count). The number of carboxylic acids is 1. The molecular formula is C31H40O8. The number of allylic oxidation sites excluding steroid dienone is 8. The zero-order valence-corrected chi connectivity index (χ0v) is 23.5. The molecule has 0 aromatic carbocycles. The minimum absolute atomic E-state index is 0.116. The highest BCUT2D eigenvalue weighted by molar-refractivity contribution is 5.89. The lowest BCUT2D eigenvalue weighted by atomic mass is 9.53. The van der Waals surface area contributed by atoms with Crippen molar-refractivity contribution >= 4 is 17.7 Å². The van der Waals surface area contributed by atoms with Crippen LogP contribution in [-0.2, 0) is 23.9 Å². The number of carbonyl (C=O) groups is 3. The third kappa shape index (κ3) is 6.40. The van der Waals surface area contributed by atoms with E-state index < -0.39 is 53.3 Å². The summed E-state index contributed by atoms with van der Waals surface area (Å²) >= 11 is 0. The monoisotopic (exact) mass is 540 g/mol. The molecule has 0 saturated carbocycles. The van der Waals surface area contributed by atoms with Gasteiger partial charge in [0.05, 0.1) is 29.5 Å². The van der Waals surface area contributed by atoms with Gasteiger partial charge in [0.1, 0.15) is 11.9 Å². The topological polar surface area (TPSA) is 130 Å². The van der Waals surface area contributed by atoms with Crippen molar-refractivity contribution in [3.63, 3.8) is 0 Å². The predicted octanol–water partition coefficient (Wildman–Crippen LogP) is 4.21. The molecule has 8 nitrogen and oxygen atoms in total. The summed E-state index contributed by atoms with van der Waals surface area (Å²) in [6.45, 7) is 10.8. The summed E-state index contributed by atoms with van der Waals surface area (Å²) in [5.74, 6) is -2.91. The van der Waals surface area contributed by atoms with E-state index in [1.54, 1.807) is 45.1 Å². The van der Waals surface area contributed by atoms with E-state index in [2.05, 4.69) is 6.08 Å². The van der Waals surface area contributed by atoms with Gasteiger partial charge < -0.3 is 24.8 Å². The van der Waals surface area contributed by atoms with Crippen LogP contribution in [0.3, 0.4) is 0 Å². The fourth-order valence-electron chi connectivity index (χ4n) is 5.81. The van der Waals surface area contributed by atoms with Gasteiger partial charge in [0.2, 0.25) is 0 Å². The largest absolute Gasteiger partial charge is 0.478 e. The number of hydrogen-bond donors (Lipinski definition) is 3. The molecular weight excluding hydrogens is 500 g/mol. The maximum atomic E-state index is 13.4. The molecule has 0 radical (unpaired) electrons. The normalized spacial score (nSPS) is 34.9. The number of hydrogen-bond acceptors (Lipinski definition) is 7. The van der Waals surface area contributed by atoms with Crippen LogP contribution in [0.2, 0.25) is 0 Å². The molecule has 0 spiro atoms. The fraction of sp³-hybridized carbons (Fsp3) is 0.516. The second-order valence-corrected chi connectivity index (χ2v) is 11.3. The molecule has 39 heavy (non-hydrogen) atoms. The Labute approximate surface area is 230 Å². The summed E-state index contributed by atoms with van der Waals surface area (Å²) in [7, 11) is 0. The molecule has 1 aliphatic heterocycles. The van der Waals surface area contributed by atoms with Gasteiger partial charge in [0, 0.05) is 12.0 Å². The first-order chi connectivity index (χ1) is 18.2. The van der Waals surface area contributed by atoms with Crippen LogP contribution in [0, 0.1) is 23.2 Å². The van der Waals surface area contributed by atoms with Gasteiger partial charge in [0.15, 0.2) is 6.29 Å². The minimum Gasteiger partial charge on any atom is -0.478 e. The molecule has 0 amide bonds. The number of ketones is 1. The van der Waals surface area contributed by atoms with E-state index in [1.807, 2.05) is 32.9 Å². The van der Waals surface area contributed by atoms with Gasteiger partial charge in [-0.3, -0.25) is 9.59 Å². The first kappa shape index (κ1) is 30.5. The highest BCUT2D eigenvalue weighted by atomic mass is 16.6. The standard InChI is InChI=1S/C31H40O8/c1-18(10-8-12-25(33)34)9-7-11-20(3)28(36)21(4)29(37)38-23-16-19(2)15-22-13-14-30(5)31(6,27(22)23)24(32)17-26(35)39-30/h7-15,19,21,23,26-28,35-36H,16-17H2,1-6H3,(H,33,34). The van der Waals surface area contributed by atoms with Crippen molar-refractivity contribution in [2.24, 2.45) is 23.2 Å². The second-order valence-electron chi connectivity index (χ2n) is 11.3. The summed E-state index contributed by atoms with van der Waals surface area (Å²) < 4.78 is 11.9. The number of Topliss-reactive ketones (excluding diaryl/α,β-unsaturated/α-hetero) is 1. The molecule has 3 N–H and O–H groups in total. The number of fused-ring (bicyclic) bond motifs is 3. The number of esters is 1. The Kier molecular flexibility index (Phi) is 9.36. The number of ether oxygens (including phenoxy) is 2. The lowest BCUT2D eigenvalue weighted by Crippen LogP contribution is -2.64. The molecule has 2 aliphatic carbocycles. The molecule has 1 heterocycles. The zero-order chi connectivity index (χ0) is 29.1. The van der Waals surface area contributed by atoms with E-state index in [4.69, 9.17) is 14.6 Å². The number of carboxylic acid groups (broad SMARTS) is 1. The highest BCUT2D eigenvalue weighted by Gasteiger charge is 2.63. The highest BCUT2D eigenvalue weighted by Crippen LogP contribution is 2.56. The number of aliphatic hydroxyl groups excluding tert-OH is 2. The van der Waals surface area contributed by atoms with Crippen molar-refractivity contribution in [2.45, 2.75) is 78.5 Å². The van der Waals surface area contributed by atoms with Crippen molar-refractivity contribution in [2.75, 3.05) is 0 Å². The Morgan fingerprint density at radius 1 is 1.18 bits per heavy atom. The van der Waals surface area contributed by atoms with Gasteiger partial charge in [-0.05, 0) is 58.1 Å². The SMILES string of the molecule is CC(C=CC=C(C)C(O)C(C)C(=O)OC1CC(C)C=C2C=CC3(C)OC(O)CC(=O)C3(C)C21)=CC=CC(=O)O. The van der Waals surface area contributed by atoms with Gasteiger partial charge in [0.25, 0.3) is 0 Å². The van der Waals surface area contributed by atoms with Crippen LogP contribution in [0.1, 0.15) is 54.4 Å². The summed E-state index contributed by atoms with van der Waals surface area (Å²) in [6.07, 6.45) is 12.6. The minimum atomic E-state index is -1.19. The third-order valence-corrected chi connectivity index (χ3v) is 8.27. The van der Waals surface area contributed by atoms with Crippen LogP contribution in [0.5, 0.6) is 0 Å². The predicted molar refractivity (Wildman–Crippen MR) is 146 cm³/mol. The molecule has 212 valence electrons. The summed E-state index contributed by atoms with van der Waals surface area (Å²) in [5.41, 5.74) is 0.195. The number of carbonyl (C=O) groups excluding carboxylic acids is 2. The van der Waals surface area contributed by atoms with E-state index in [0.717, 1.165) is 17.2 Å². The van der Waals surface area contributed by atoms with Crippen LogP contribution in [-0.4, -0.2) is 57.1 Å². The molecule has 0 bridgehead atoms. The summed E-state index contributed by atoms with van der Waals surface area (Å²) in [4.78, 5) is 37.2. The van der Waals surface area contributed by atoms with E-state index in [-0.39, 0.29) is 18.1 Å². The summed E-state index contributed by atoms with van der Waals surface area (Å²) in [5, 5.41) is 29.7. The molecule has 1 saturated heterocycles. The Hall–Kier alpha value is -3.07. The fourth-order valence-corrected chi connectivity index (χ4v) is 5.81. The smallest absolute Gasteiger partial charge is 0.328 e. The van der Waals surface area contributed by atoms with Crippen molar-refractivity contribution in [1.29, 1.82) is 0 Å². The molecule has 0 aromatic heterocycles. The van der Waals surface area contributed by atoms with Gasteiger partial charge in [-0.2, -0.15) is 0 Å². The van der Waals surface area contributed by atoms with Crippen LogP contribution >= 0.6 is 0 Å². The van der Waals surface area contributed by atoms with Crippen LogP contribution in [0.4, 0.5) is 0 Å². The van der Waals surface area contributed by atoms with E-state index in [0.29, 0.717) is 12.0 Å². The molecule has 0 aromatic rings. The zero-order valence-electron chi connectivity index (χ0n) is 23.5. The Morgan fingerprint density at radius 3 is 2.51 bits per heavy atom. The number of aliphatic carboxylic acids is 1. The molecule has 8 unspecified atom stereocenters. The second kappa shape index (κ2) is 12.0. The number of aliphatic hydroxyl groups is 2. The van der Waals surface area contributed by atoms with Crippen molar-refractivity contribution < 1.29 is 39.2 Å². The third-order valence-electron chi connectivity index (χ3n) is 8.27. The molecule has 3 aliphatic rings. The van der Waals surface area contributed by atoms with Crippen LogP contribution in [0.15, 0.2) is 71.4 Å². The first-order valence-electron chi connectivity index (χ1n) is 13.3. The maximum Gasteiger partial charge on any atom is 0.328 e. The van der Waals surface area contributed by atoms with Gasteiger partial charge in [-0.1, -0.05) is 61.1 Å². The Balaban J connectivity index is 1.77. The average molecular weight is 541 g/mol. The lowest BCUT2D eigenvalue weighted by Gasteiger charge is -2.56. The van der Waals surface area contributed by atoms with Gasteiger partial charge in [-0.15, -0.1) is 0 Å². The van der Waals surface area contributed by atoms with E-state index in [9.17, 15) is 24.6 Å². The quantitative estimate of drug-likeness (QED) is 0.237. The molecule has 8 atom stereocenters. The van der Waals surface area contributed by atoms with Gasteiger partial charge >= 0.3 is 11.9 Å². The van der Waals surface area contributed by atoms with Gasteiger partial charge in [-0.25, -0.2) is 4.79 Å². The van der Waals surface area contributed by atoms with E-state index >= 15 is 0 Å². The van der Waals surface area contributed by atoms with Crippen molar-refractivity contribution in [1.82, 2.24) is 0 Å². The van der Waals surface area contributed by atoms with E-state index in [1.165, 1.54) is 6.08 Å². The lowest BCUT2D eigenvalue weighted by molar-refractivity contribution is -0.242. The average Bonchev–Trinajstić information content (AvgIpc) is 2.84. The molecule has 8 heteroatoms. The van der Waals surface area contributed by atoms with Crippen molar-refractivity contribution in [3.05, 3.63) is 71.4 Å². The summed E-state index contributed by atoms with van der Waals surface area (Å²) in [6, 6.07) is 0.